The number of fused-ring (bicyclic) bond motifs is 19. The Labute approximate surface area is 419 Å². The third-order valence-corrected chi connectivity index (χ3v) is 16.3. The number of nitrogens with zero attached hydrogens (tertiary/aromatic N) is 1. The molecular formula is C70H47NO. The third-order valence-electron chi connectivity index (χ3n) is 16.3. The first-order chi connectivity index (χ1) is 35.5. The molecule has 3 aliphatic rings. The summed E-state index contributed by atoms with van der Waals surface area (Å²) in [7, 11) is 0. The maximum atomic E-state index is 6.99. The van der Waals surface area contributed by atoms with E-state index < -0.39 is 5.41 Å². The highest BCUT2D eigenvalue weighted by molar-refractivity contribution is 6.13. The molecule has 2 heteroatoms. The van der Waals surface area contributed by atoms with Gasteiger partial charge in [-0.3, -0.25) is 0 Å². The number of hydrogen-bond acceptors (Lipinski definition) is 2. The summed E-state index contributed by atoms with van der Waals surface area (Å²) < 4.78 is 6.99. The molecule has 1 heterocycles. The Kier molecular flexibility index (Phi) is 8.66. The molecule has 12 aromatic rings. The van der Waals surface area contributed by atoms with Crippen molar-refractivity contribution in [3.63, 3.8) is 0 Å². The first kappa shape index (κ1) is 40.9. The zero-order chi connectivity index (χ0) is 47.7. The molecule has 72 heavy (non-hydrogen) atoms. The molecule has 0 aliphatic heterocycles. The second kappa shape index (κ2) is 15.3. The van der Waals surface area contributed by atoms with Crippen LogP contribution in [-0.4, -0.2) is 0 Å². The van der Waals surface area contributed by atoms with Crippen molar-refractivity contribution >= 4 is 39.0 Å². The SMILES string of the molecule is CC1(C)c2ccccc2-c2ccc(N(c3ccc4c(c3)C3(c5ccccc5-c5ccccc5-4)c4ccccc4-c4c3ccc3c4oc4ccccc43)c3ccccc3-c3ccc(-c4ccccc4)cc3)cc21. The van der Waals surface area contributed by atoms with E-state index in [2.05, 4.69) is 267 Å². The predicted octanol–water partition coefficient (Wildman–Crippen LogP) is 18.7. The van der Waals surface area contributed by atoms with Gasteiger partial charge in [0.05, 0.1) is 11.1 Å². The van der Waals surface area contributed by atoms with Gasteiger partial charge in [-0.15, -0.1) is 0 Å². The van der Waals surface area contributed by atoms with Gasteiger partial charge in [-0.05, 0) is 125 Å². The van der Waals surface area contributed by atoms with Gasteiger partial charge in [0, 0.05) is 38.7 Å². The number of para-hydroxylation sites is 2. The Morgan fingerprint density at radius 2 is 0.819 bits per heavy atom. The fraction of sp³-hybridized carbons (Fsp3) is 0.0571. The lowest BCUT2D eigenvalue weighted by Crippen LogP contribution is -2.29. The molecule has 0 saturated heterocycles. The number of rotatable bonds is 5. The standard InChI is InChI=1S/C70H47NO/c1-69(2)59-27-13-8-24-53(59)55-39-37-47(42-63(55)69)71(65-30-16-11-20-49(65)46-34-32-45(33-35-46)44-18-4-3-5-19-44)48-36-38-54-51-22-7-6-21-50(51)52-23-9-14-28-60(52)70(64(54)43-48)61-29-15-10-26-58(61)67-62(70)41-40-57-56-25-12-17-31-66(56)72-68(57)67/h3-43H,1-2H3. The van der Waals surface area contributed by atoms with E-state index in [0.717, 1.165) is 55.7 Å². The molecule has 0 bridgehead atoms. The monoisotopic (exact) mass is 917 g/mol. The summed E-state index contributed by atoms with van der Waals surface area (Å²) >= 11 is 0. The second-order valence-corrected chi connectivity index (χ2v) is 20.3. The lowest BCUT2D eigenvalue weighted by molar-refractivity contribution is 0.660. The highest BCUT2D eigenvalue weighted by atomic mass is 16.3. The summed E-state index contributed by atoms with van der Waals surface area (Å²) in [6.07, 6.45) is 0. The molecule has 0 saturated carbocycles. The number of anilines is 3. The molecule has 1 aromatic heterocycles. The lowest BCUT2D eigenvalue weighted by Gasteiger charge is -2.37. The molecule has 1 unspecified atom stereocenters. The summed E-state index contributed by atoms with van der Waals surface area (Å²) in [4.78, 5) is 2.53. The summed E-state index contributed by atoms with van der Waals surface area (Å²) in [5, 5.41) is 2.27. The first-order valence-corrected chi connectivity index (χ1v) is 25.2. The Hall–Kier alpha value is -8.98. The largest absolute Gasteiger partial charge is 0.455 e. The van der Waals surface area contributed by atoms with Crippen LogP contribution in [-0.2, 0) is 10.8 Å². The average Bonchev–Trinajstić information content (AvgIpc) is 4.03. The van der Waals surface area contributed by atoms with Crippen molar-refractivity contribution in [2.24, 2.45) is 0 Å². The van der Waals surface area contributed by atoms with Crippen molar-refractivity contribution in [3.8, 4) is 66.8 Å². The first-order valence-electron chi connectivity index (χ1n) is 25.2. The van der Waals surface area contributed by atoms with E-state index in [1.165, 1.54) is 83.5 Å². The van der Waals surface area contributed by atoms with Crippen molar-refractivity contribution < 1.29 is 4.42 Å². The van der Waals surface area contributed by atoms with Crippen molar-refractivity contribution in [1.29, 1.82) is 0 Å². The Balaban J connectivity index is 1.03. The van der Waals surface area contributed by atoms with E-state index in [-0.39, 0.29) is 5.41 Å². The minimum Gasteiger partial charge on any atom is -0.455 e. The second-order valence-electron chi connectivity index (χ2n) is 20.3. The van der Waals surface area contributed by atoms with Crippen LogP contribution in [0.2, 0.25) is 0 Å². The molecule has 1 atom stereocenters. The number of furan rings is 1. The van der Waals surface area contributed by atoms with Crippen molar-refractivity contribution in [2.75, 3.05) is 4.90 Å². The fourth-order valence-corrected chi connectivity index (χ4v) is 13.1. The number of benzene rings is 11. The highest BCUT2D eigenvalue weighted by Gasteiger charge is 2.51. The van der Waals surface area contributed by atoms with Gasteiger partial charge >= 0.3 is 0 Å². The van der Waals surface area contributed by atoms with E-state index in [1.807, 2.05) is 0 Å². The summed E-state index contributed by atoms with van der Waals surface area (Å²) in [5.41, 5.74) is 26.5. The zero-order valence-electron chi connectivity index (χ0n) is 40.0. The molecule has 11 aromatic carbocycles. The molecular weight excluding hydrogens is 871 g/mol. The minimum absolute atomic E-state index is 0.190. The maximum absolute atomic E-state index is 6.99. The topological polar surface area (TPSA) is 16.4 Å². The van der Waals surface area contributed by atoms with E-state index >= 15 is 0 Å². The normalized spacial score (nSPS) is 15.2. The summed E-state index contributed by atoms with van der Waals surface area (Å²) in [6, 6.07) is 92.6. The molecule has 338 valence electrons. The van der Waals surface area contributed by atoms with Gasteiger partial charge in [-0.25, -0.2) is 0 Å². The van der Waals surface area contributed by atoms with Gasteiger partial charge < -0.3 is 9.32 Å². The highest BCUT2D eigenvalue weighted by Crippen LogP contribution is 2.64. The van der Waals surface area contributed by atoms with Crippen LogP contribution in [0.4, 0.5) is 17.1 Å². The molecule has 0 N–H and O–H groups in total. The van der Waals surface area contributed by atoms with Crippen molar-refractivity contribution in [1.82, 2.24) is 0 Å². The van der Waals surface area contributed by atoms with Crippen LogP contribution in [0.15, 0.2) is 253 Å². The van der Waals surface area contributed by atoms with Crippen molar-refractivity contribution in [2.45, 2.75) is 24.7 Å². The lowest BCUT2D eigenvalue weighted by atomic mass is 9.65. The summed E-state index contributed by atoms with van der Waals surface area (Å²) in [5.74, 6) is 0. The van der Waals surface area contributed by atoms with Gasteiger partial charge in [0.25, 0.3) is 0 Å². The molecule has 0 amide bonds. The number of hydrogen-bond donors (Lipinski definition) is 0. The van der Waals surface area contributed by atoms with Gasteiger partial charge in [0.15, 0.2) is 0 Å². The van der Waals surface area contributed by atoms with Crippen LogP contribution in [0.5, 0.6) is 0 Å². The Morgan fingerprint density at radius 3 is 1.54 bits per heavy atom. The smallest absolute Gasteiger partial charge is 0.143 e. The van der Waals surface area contributed by atoms with E-state index in [9.17, 15) is 0 Å². The minimum atomic E-state index is -0.722. The predicted molar refractivity (Wildman–Crippen MR) is 299 cm³/mol. The van der Waals surface area contributed by atoms with E-state index in [0.29, 0.717) is 0 Å². The third kappa shape index (κ3) is 5.61. The van der Waals surface area contributed by atoms with E-state index in [4.69, 9.17) is 4.42 Å². The van der Waals surface area contributed by atoms with Crippen LogP contribution in [0, 0.1) is 0 Å². The van der Waals surface area contributed by atoms with Gasteiger partial charge in [-0.2, -0.15) is 0 Å². The molecule has 1 spiro atoms. The van der Waals surface area contributed by atoms with Crippen LogP contribution in [0.1, 0.15) is 47.2 Å². The van der Waals surface area contributed by atoms with Gasteiger partial charge in [-0.1, -0.05) is 226 Å². The van der Waals surface area contributed by atoms with Crippen LogP contribution < -0.4 is 4.90 Å². The molecule has 0 radical (unpaired) electrons. The Morgan fingerprint density at radius 1 is 0.319 bits per heavy atom. The molecule has 2 nitrogen and oxygen atoms in total. The molecule has 0 fully saturated rings. The molecule has 3 aliphatic carbocycles. The van der Waals surface area contributed by atoms with Gasteiger partial charge in [0.2, 0.25) is 0 Å². The van der Waals surface area contributed by atoms with Crippen LogP contribution >= 0.6 is 0 Å². The van der Waals surface area contributed by atoms with Crippen LogP contribution in [0.25, 0.3) is 88.7 Å². The summed E-state index contributed by atoms with van der Waals surface area (Å²) in [6.45, 7) is 4.76. The zero-order valence-corrected chi connectivity index (χ0v) is 40.0. The fourth-order valence-electron chi connectivity index (χ4n) is 13.1. The average molecular weight is 918 g/mol. The van der Waals surface area contributed by atoms with Gasteiger partial charge in [0.1, 0.15) is 11.2 Å². The van der Waals surface area contributed by atoms with E-state index in [1.54, 1.807) is 0 Å². The Bertz CT molecular complexity index is 4190. The van der Waals surface area contributed by atoms with Crippen LogP contribution in [0.3, 0.4) is 0 Å². The van der Waals surface area contributed by atoms with Crippen molar-refractivity contribution in [3.05, 3.63) is 282 Å². The quantitative estimate of drug-likeness (QED) is 0.171. The molecule has 15 rings (SSSR count). The maximum Gasteiger partial charge on any atom is 0.143 e.